The lowest BCUT2D eigenvalue weighted by molar-refractivity contribution is 0.0682. The maximum atomic E-state index is 11.0. The molecule has 0 saturated carbocycles. The second-order valence-corrected chi connectivity index (χ2v) is 4.20. The minimum absolute atomic E-state index is 0.327. The standard InChI is InChI=1S/C10H15N3O2/c1-6(2)13-4-7-8(5-13)11-12(3)9(7)10(14)15/h6H,4-5H2,1-3H3,(H,14,15). The topological polar surface area (TPSA) is 58.4 Å². The van der Waals surface area contributed by atoms with Gasteiger partial charge in [-0.05, 0) is 13.8 Å². The molecule has 15 heavy (non-hydrogen) atoms. The summed E-state index contributed by atoms with van der Waals surface area (Å²) < 4.78 is 1.46. The van der Waals surface area contributed by atoms with Crippen LogP contribution in [0.15, 0.2) is 0 Å². The number of fused-ring (bicyclic) bond motifs is 1. The zero-order valence-electron chi connectivity index (χ0n) is 9.19. The highest BCUT2D eigenvalue weighted by Crippen LogP contribution is 2.26. The van der Waals surface area contributed by atoms with Crippen molar-refractivity contribution in [2.24, 2.45) is 7.05 Å². The summed E-state index contributed by atoms with van der Waals surface area (Å²) in [7, 11) is 1.68. The first-order valence-corrected chi connectivity index (χ1v) is 5.02. The molecule has 0 amide bonds. The number of rotatable bonds is 2. The van der Waals surface area contributed by atoms with E-state index in [1.54, 1.807) is 7.05 Å². The molecule has 1 aliphatic rings. The van der Waals surface area contributed by atoms with Crippen LogP contribution in [0.1, 0.15) is 35.6 Å². The summed E-state index contributed by atoms with van der Waals surface area (Å²) >= 11 is 0. The molecular weight excluding hydrogens is 194 g/mol. The Kier molecular flexibility index (Phi) is 2.26. The van der Waals surface area contributed by atoms with Crippen molar-refractivity contribution in [2.75, 3.05) is 0 Å². The highest BCUT2D eigenvalue weighted by Gasteiger charge is 2.30. The summed E-state index contributed by atoms with van der Waals surface area (Å²) in [4.78, 5) is 13.3. The molecule has 5 heteroatoms. The molecule has 0 fully saturated rings. The Morgan fingerprint density at radius 1 is 1.47 bits per heavy atom. The van der Waals surface area contributed by atoms with Gasteiger partial charge < -0.3 is 5.11 Å². The lowest BCUT2D eigenvalue weighted by atomic mass is 10.2. The zero-order valence-corrected chi connectivity index (χ0v) is 9.19. The summed E-state index contributed by atoms with van der Waals surface area (Å²) in [5, 5.41) is 13.3. The summed E-state index contributed by atoms with van der Waals surface area (Å²) in [5.41, 5.74) is 2.11. The maximum Gasteiger partial charge on any atom is 0.354 e. The molecule has 5 nitrogen and oxygen atoms in total. The number of aromatic nitrogens is 2. The van der Waals surface area contributed by atoms with Crippen molar-refractivity contribution < 1.29 is 9.90 Å². The number of hydrogen-bond donors (Lipinski definition) is 1. The minimum atomic E-state index is -0.892. The third-order valence-corrected chi connectivity index (χ3v) is 2.88. The zero-order chi connectivity index (χ0) is 11.2. The Labute approximate surface area is 88.3 Å². The maximum absolute atomic E-state index is 11.0. The molecule has 2 rings (SSSR count). The van der Waals surface area contributed by atoms with Crippen LogP contribution in [0.2, 0.25) is 0 Å². The molecule has 1 aliphatic heterocycles. The van der Waals surface area contributed by atoms with Crippen molar-refractivity contribution in [3.8, 4) is 0 Å². The third-order valence-electron chi connectivity index (χ3n) is 2.88. The van der Waals surface area contributed by atoms with Gasteiger partial charge >= 0.3 is 5.97 Å². The molecule has 1 aromatic heterocycles. The fourth-order valence-corrected chi connectivity index (χ4v) is 2.00. The molecule has 1 N–H and O–H groups in total. The molecule has 0 spiro atoms. The Balaban J connectivity index is 2.37. The van der Waals surface area contributed by atoms with Crippen LogP contribution in [0.4, 0.5) is 0 Å². The van der Waals surface area contributed by atoms with Crippen molar-refractivity contribution in [3.63, 3.8) is 0 Å². The molecule has 0 atom stereocenters. The van der Waals surface area contributed by atoms with Gasteiger partial charge in [0.05, 0.1) is 5.69 Å². The van der Waals surface area contributed by atoms with Gasteiger partial charge in [0.1, 0.15) is 0 Å². The molecule has 2 heterocycles. The van der Waals surface area contributed by atoms with E-state index in [0.717, 1.165) is 17.8 Å². The number of carboxylic acids is 1. The monoisotopic (exact) mass is 209 g/mol. The van der Waals surface area contributed by atoms with Gasteiger partial charge in [0, 0.05) is 31.7 Å². The third kappa shape index (κ3) is 1.52. The molecule has 1 aromatic rings. The van der Waals surface area contributed by atoms with Gasteiger partial charge in [-0.2, -0.15) is 5.10 Å². The van der Waals surface area contributed by atoms with Crippen LogP contribution in [0.5, 0.6) is 0 Å². The first-order chi connectivity index (χ1) is 7.00. The average Bonchev–Trinajstić information content (AvgIpc) is 2.58. The van der Waals surface area contributed by atoms with Crippen molar-refractivity contribution >= 4 is 5.97 Å². The first-order valence-electron chi connectivity index (χ1n) is 5.02. The summed E-state index contributed by atoms with van der Waals surface area (Å²) in [5.74, 6) is -0.892. The average molecular weight is 209 g/mol. The SMILES string of the molecule is CC(C)N1Cc2nn(C)c(C(=O)O)c2C1. The fourth-order valence-electron chi connectivity index (χ4n) is 2.00. The van der Waals surface area contributed by atoms with Gasteiger partial charge in [0.2, 0.25) is 0 Å². The van der Waals surface area contributed by atoms with E-state index in [0.29, 0.717) is 18.3 Å². The van der Waals surface area contributed by atoms with E-state index in [-0.39, 0.29) is 0 Å². The molecule has 0 aromatic carbocycles. The molecule has 0 bridgehead atoms. The summed E-state index contributed by atoms with van der Waals surface area (Å²) in [6.07, 6.45) is 0. The largest absolute Gasteiger partial charge is 0.477 e. The van der Waals surface area contributed by atoms with E-state index < -0.39 is 5.97 Å². The van der Waals surface area contributed by atoms with Crippen LogP contribution in [0.25, 0.3) is 0 Å². The predicted octanol–water partition coefficient (Wildman–Crippen LogP) is 0.842. The quantitative estimate of drug-likeness (QED) is 0.784. The van der Waals surface area contributed by atoms with Gasteiger partial charge in [0.25, 0.3) is 0 Å². The van der Waals surface area contributed by atoms with E-state index in [9.17, 15) is 4.79 Å². The normalized spacial score (nSPS) is 16.0. The van der Waals surface area contributed by atoms with Crippen molar-refractivity contribution in [1.29, 1.82) is 0 Å². The van der Waals surface area contributed by atoms with Gasteiger partial charge in [-0.3, -0.25) is 9.58 Å². The van der Waals surface area contributed by atoms with E-state index >= 15 is 0 Å². The Bertz CT molecular complexity index is 409. The first kappa shape index (κ1) is 10.2. The van der Waals surface area contributed by atoms with Gasteiger partial charge in [0.15, 0.2) is 5.69 Å². The second kappa shape index (κ2) is 3.34. The molecule has 82 valence electrons. The Morgan fingerprint density at radius 2 is 2.13 bits per heavy atom. The Hall–Kier alpha value is -1.36. The number of nitrogens with zero attached hydrogens (tertiary/aromatic N) is 3. The van der Waals surface area contributed by atoms with Gasteiger partial charge in [-0.15, -0.1) is 0 Å². The van der Waals surface area contributed by atoms with Gasteiger partial charge in [-0.1, -0.05) is 0 Å². The smallest absolute Gasteiger partial charge is 0.354 e. The number of carboxylic acid groups (broad SMARTS) is 1. The highest BCUT2D eigenvalue weighted by atomic mass is 16.4. The lowest BCUT2D eigenvalue weighted by Gasteiger charge is -2.19. The van der Waals surface area contributed by atoms with Crippen molar-refractivity contribution in [3.05, 3.63) is 17.0 Å². The summed E-state index contributed by atoms with van der Waals surface area (Å²) in [6.45, 7) is 5.66. The van der Waals surface area contributed by atoms with E-state index in [1.165, 1.54) is 4.68 Å². The number of carbonyl (C=O) groups is 1. The summed E-state index contributed by atoms with van der Waals surface area (Å²) in [6, 6.07) is 0.422. The molecule has 0 aliphatic carbocycles. The second-order valence-electron chi connectivity index (χ2n) is 4.20. The van der Waals surface area contributed by atoms with Crippen LogP contribution >= 0.6 is 0 Å². The van der Waals surface area contributed by atoms with Crippen molar-refractivity contribution in [1.82, 2.24) is 14.7 Å². The van der Waals surface area contributed by atoms with E-state index in [4.69, 9.17) is 5.11 Å². The van der Waals surface area contributed by atoms with Crippen LogP contribution < -0.4 is 0 Å². The highest BCUT2D eigenvalue weighted by molar-refractivity contribution is 5.87. The molecule has 0 radical (unpaired) electrons. The fraction of sp³-hybridized carbons (Fsp3) is 0.600. The van der Waals surface area contributed by atoms with E-state index in [1.807, 2.05) is 0 Å². The number of aromatic carboxylic acids is 1. The van der Waals surface area contributed by atoms with E-state index in [2.05, 4.69) is 23.8 Å². The van der Waals surface area contributed by atoms with Crippen molar-refractivity contribution in [2.45, 2.75) is 33.0 Å². The molecule has 0 unspecified atom stereocenters. The number of aryl methyl sites for hydroxylation is 1. The lowest BCUT2D eigenvalue weighted by Crippen LogP contribution is -2.26. The van der Waals surface area contributed by atoms with Crippen LogP contribution in [-0.2, 0) is 20.1 Å². The Morgan fingerprint density at radius 3 is 2.67 bits per heavy atom. The number of hydrogen-bond acceptors (Lipinski definition) is 3. The van der Waals surface area contributed by atoms with Crippen LogP contribution in [0, 0.1) is 0 Å². The predicted molar refractivity (Wildman–Crippen MR) is 54.6 cm³/mol. The molecule has 0 saturated heterocycles. The molecular formula is C10H15N3O2. The van der Waals surface area contributed by atoms with Gasteiger partial charge in [-0.25, -0.2) is 4.79 Å². The van der Waals surface area contributed by atoms with Crippen LogP contribution in [-0.4, -0.2) is 31.8 Å². The van der Waals surface area contributed by atoms with Crippen LogP contribution in [0.3, 0.4) is 0 Å². The minimum Gasteiger partial charge on any atom is -0.477 e.